The molecule has 5 rings (SSSR count). The number of ether oxygens (including phenoxy) is 1. The van der Waals surface area contributed by atoms with Gasteiger partial charge in [-0.1, -0.05) is 30.3 Å². The standard InChI is InChI=1S/C31H40N4O2/c1-23-12-15-27(28-29(23)33-30(36)31(28,2)3)37-21-8-4-7-16-34-17-9-18-35(20-19-34)22-25-14-13-24-10-5-6-11-26(24)32-25/h5-6,10-15H,4,7-9,16-22H2,1-3H3,(H,33,36). The predicted octanol–water partition coefficient (Wildman–Crippen LogP) is 5.53. The summed E-state index contributed by atoms with van der Waals surface area (Å²) in [6.07, 6.45) is 4.57. The number of pyridine rings is 1. The molecular formula is C31H40N4O2. The van der Waals surface area contributed by atoms with E-state index in [-0.39, 0.29) is 5.91 Å². The third-order valence-electron chi connectivity index (χ3n) is 7.91. The van der Waals surface area contributed by atoms with Crippen LogP contribution in [0.25, 0.3) is 10.9 Å². The molecule has 0 unspecified atom stereocenters. The van der Waals surface area contributed by atoms with Crippen LogP contribution in [-0.2, 0) is 16.8 Å². The van der Waals surface area contributed by atoms with Crippen molar-refractivity contribution in [3.63, 3.8) is 0 Å². The minimum absolute atomic E-state index is 0.0474. The van der Waals surface area contributed by atoms with Crippen molar-refractivity contribution < 1.29 is 9.53 Å². The Morgan fingerprint density at radius 3 is 2.65 bits per heavy atom. The van der Waals surface area contributed by atoms with Gasteiger partial charge < -0.3 is 15.0 Å². The molecule has 1 fully saturated rings. The normalized spacial score (nSPS) is 18.0. The zero-order valence-corrected chi connectivity index (χ0v) is 22.6. The highest BCUT2D eigenvalue weighted by atomic mass is 16.5. The van der Waals surface area contributed by atoms with Crippen molar-refractivity contribution in [2.24, 2.45) is 0 Å². The van der Waals surface area contributed by atoms with Crippen molar-refractivity contribution in [1.82, 2.24) is 14.8 Å². The molecule has 3 heterocycles. The number of benzene rings is 2. The maximum absolute atomic E-state index is 12.4. The van der Waals surface area contributed by atoms with Crippen LogP contribution in [0.1, 0.15) is 56.4 Å². The fourth-order valence-electron chi connectivity index (χ4n) is 5.60. The molecule has 1 saturated heterocycles. The van der Waals surface area contributed by atoms with Crippen molar-refractivity contribution in [1.29, 1.82) is 0 Å². The van der Waals surface area contributed by atoms with Gasteiger partial charge in [-0.15, -0.1) is 0 Å². The number of unbranched alkanes of at least 4 members (excludes halogenated alkanes) is 2. The molecule has 2 aliphatic heterocycles. The molecule has 2 aromatic carbocycles. The average Bonchev–Trinajstić information content (AvgIpc) is 3.01. The van der Waals surface area contributed by atoms with Gasteiger partial charge in [0.15, 0.2) is 0 Å². The van der Waals surface area contributed by atoms with E-state index in [0.29, 0.717) is 6.61 Å². The lowest BCUT2D eigenvalue weighted by molar-refractivity contribution is -0.119. The summed E-state index contributed by atoms with van der Waals surface area (Å²) in [5, 5.41) is 4.25. The first-order chi connectivity index (χ1) is 17.9. The summed E-state index contributed by atoms with van der Waals surface area (Å²) < 4.78 is 6.18. The number of para-hydroxylation sites is 1. The molecule has 6 nitrogen and oxygen atoms in total. The third-order valence-corrected chi connectivity index (χ3v) is 7.91. The van der Waals surface area contributed by atoms with E-state index in [9.17, 15) is 4.79 Å². The molecule has 0 radical (unpaired) electrons. The van der Waals surface area contributed by atoms with Crippen LogP contribution in [0.3, 0.4) is 0 Å². The summed E-state index contributed by atoms with van der Waals surface area (Å²) in [6.45, 7) is 13.3. The van der Waals surface area contributed by atoms with Crippen LogP contribution in [-0.4, -0.2) is 60.0 Å². The smallest absolute Gasteiger partial charge is 0.234 e. The molecule has 196 valence electrons. The maximum atomic E-state index is 12.4. The van der Waals surface area contributed by atoms with E-state index in [0.717, 1.165) is 79.3 Å². The van der Waals surface area contributed by atoms with E-state index in [2.05, 4.69) is 51.5 Å². The minimum atomic E-state index is -0.554. The second-order valence-electron chi connectivity index (χ2n) is 11.1. The monoisotopic (exact) mass is 500 g/mol. The molecule has 0 atom stereocenters. The van der Waals surface area contributed by atoms with Crippen LogP contribution in [0, 0.1) is 6.92 Å². The quantitative estimate of drug-likeness (QED) is 0.392. The molecule has 6 heteroatoms. The Labute approximate surface area is 221 Å². The fraction of sp³-hybridized carbons (Fsp3) is 0.484. The summed E-state index contributed by atoms with van der Waals surface area (Å²) in [7, 11) is 0. The predicted molar refractivity (Wildman–Crippen MR) is 150 cm³/mol. The summed E-state index contributed by atoms with van der Waals surface area (Å²) in [6, 6.07) is 16.8. The second-order valence-corrected chi connectivity index (χ2v) is 11.1. The first-order valence-electron chi connectivity index (χ1n) is 13.8. The van der Waals surface area contributed by atoms with Gasteiger partial charge in [0.1, 0.15) is 5.75 Å². The van der Waals surface area contributed by atoms with Gasteiger partial charge in [-0.05, 0) is 89.9 Å². The number of nitrogens with one attached hydrogen (secondary N) is 1. The lowest BCUT2D eigenvalue weighted by Gasteiger charge is -2.22. The number of rotatable bonds is 9. The number of hydrogen-bond acceptors (Lipinski definition) is 5. The zero-order chi connectivity index (χ0) is 25.8. The van der Waals surface area contributed by atoms with Crippen LogP contribution in [0.15, 0.2) is 48.5 Å². The lowest BCUT2D eigenvalue weighted by Crippen LogP contribution is -2.31. The van der Waals surface area contributed by atoms with E-state index in [1.807, 2.05) is 32.9 Å². The number of hydrogen-bond donors (Lipinski definition) is 1. The Hall–Kier alpha value is -2.96. The Kier molecular flexibility index (Phi) is 7.77. The van der Waals surface area contributed by atoms with Crippen LogP contribution in [0.2, 0.25) is 0 Å². The SMILES string of the molecule is Cc1ccc(OCCCCCN2CCCN(Cc3ccc4ccccc4n3)CC2)c2c1NC(=O)C2(C)C. The van der Waals surface area contributed by atoms with E-state index in [4.69, 9.17) is 9.72 Å². The van der Waals surface area contributed by atoms with Crippen LogP contribution >= 0.6 is 0 Å². The molecule has 1 N–H and O–H groups in total. The number of amides is 1. The Morgan fingerprint density at radius 1 is 0.946 bits per heavy atom. The van der Waals surface area contributed by atoms with Gasteiger partial charge in [0.25, 0.3) is 0 Å². The van der Waals surface area contributed by atoms with Crippen molar-refractivity contribution in [2.45, 2.75) is 58.4 Å². The summed E-state index contributed by atoms with van der Waals surface area (Å²) in [4.78, 5) is 22.5. The molecule has 3 aromatic rings. The molecule has 0 saturated carbocycles. The Balaban J connectivity index is 1.03. The number of aryl methyl sites for hydroxylation is 1. The van der Waals surface area contributed by atoms with Gasteiger partial charge in [0, 0.05) is 30.6 Å². The molecular weight excluding hydrogens is 460 g/mol. The van der Waals surface area contributed by atoms with Crippen molar-refractivity contribution >= 4 is 22.5 Å². The zero-order valence-electron chi connectivity index (χ0n) is 22.6. The summed E-state index contributed by atoms with van der Waals surface area (Å²) in [5.41, 5.74) is 4.72. The first kappa shape index (κ1) is 25.7. The van der Waals surface area contributed by atoms with Gasteiger partial charge in [0.05, 0.1) is 28.9 Å². The van der Waals surface area contributed by atoms with E-state index >= 15 is 0 Å². The van der Waals surface area contributed by atoms with Gasteiger partial charge in [-0.3, -0.25) is 14.7 Å². The van der Waals surface area contributed by atoms with Crippen molar-refractivity contribution in [3.8, 4) is 5.75 Å². The van der Waals surface area contributed by atoms with Gasteiger partial charge in [0.2, 0.25) is 5.91 Å². The summed E-state index contributed by atoms with van der Waals surface area (Å²) in [5.74, 6) is 0.892. The molecule has 0 spiro atoms. The molecule has 1 amide bonds. The highest BCUT2D eigenvalue weighted by Gasteiger charge is 2.41. The van der Waals surface area contributed by atoms with Gasteiger partial charge in [-0.2, -0.15) is 0 Å². The third kappa shape index (κ3) is 5.81. The van der Waals surface area contributed by atoms with E-state index in [1.165, 1.54) is 24.8 Å². The average molecular weight is 501 g/mol. The van der Waals surface area contributed by atoms with Crippen LogP contribution in [0.4, 0.5) is 5.69 Å². The highest BCUT2D eigenvalue weighted by molar-refractivity contribution is 6.07. The van der Waals surface area contributed by atoms with Gasteiger partial charge in [-0.25, -0.2) is 0 Å². The fourth-order valence-corrected chi connectivity index (χ4v) is 5.60. The number of anilines is 1. The van der Waals surface area contributed by atoms with Crippen LogP contribution in [0.5, 0.6) is 5.75 Å². The van der Waals surface area contributed by atoms with Crippen molar-refractivity contribution in [2.75, 3.05) is 44.6 Å². The summed E-state index contributed by atoms with van der Waals surface area (Å²) >= 11 is 0. The maximum Gasteiger partial charge on any atom is 0.234 e. The topological polar surface area (TPSA) is 57.7 Å². The molecule has 0 bridgehead atoms. The number of carbonyl (C=O) groups excluding carboxylic acids is 1. The number of nitrogens with zero attached hydrogens (tertiary/aromatic N) is 3. The first-order valence-corrected chi connectivity index (χ1v) is 13.8. The molecule has 1 aromatic heterocycles. The van der Waals surface area contributed by atoms with E-state index in [1.54, 1.807) is 0 Å². The lowest BCUT2D eigenvalue weighted by atomic mass is 9.85. The molecule has 0 aliphatic carbocycles. The molecule has 37 heavy (non-hydrogen) atoms. The number of fused-ring (bicyclic) bond motifs is 2. The highest BCUT2D eigenvalue weighted by Crippen LogP contribution is 2.45. The van der Waals surface area contributed by atoms with Gasteiger partial charge >= 0.3 is 0 Å². The second kappa shape index (κ2) is 11.2. The minimum Gasteiger partial charge on any atom is -0.493 e. The number of carbonyl (C=O) groups is 1. The Morgan fingerprint density at radius 2 is 1.76 bits per heavy atom. The largest absolute Gasteiger partial charge is 0.493 e. The number of aromatic nitrogens is 1. The molecule has 2 aliphatic rings. The van der Waals surface area contributed by atoms with E-state index < -0.39 is 5.41 Å². The Bertz CT molecular complexity index is 1260. The van der Waals surface area contributed by atoms with Crippen LogP contribution < -0.4 is 10.1 Å². The van der Waals surface area contributed by atoms with Crippen molar-refractivity contribution in [3.05, 3.63) is 65.4 Å².